The number of nitrogens with zero attached hydrogens (tertiary/aromatic N) is 6. The number of hydrogen-bond acceptors (Lipinski definition) is 9. The van der Waals surface area contributed by atoms with Gasteiger partial charge in [-0.15, -0.1) is 10.2 Å². The van der Waals surface area contributed by atoms with E-state index in [-0.39, 0.29) is 23.6 Å². The first kappa shape index (κ1) is 34.7. The number of hydrogen-bond donors (Lipinski definition) is 4. The Kier molecular flexibility index (Phi) is 10.7. The number of ether oxygens (including phenoxy) is 1. The van der Waals surface area contributed by atoms with Crippen LogP contribution in [0.4, 0.5) is 10.7 Å². The van der Waals surface area contributed by atoms with Crippen molar-refractivity contribution < 1.29 is 9.53 Å². The van der Waals surface area contributed by atoms with Crippen molar-refractivity contribution in [3.05, 3.63) is 65.6 Å². The van der Waals surface area contributed by atoms with Crippen molar-refractivity contribution in [3.8, 4) is 5.75 Å². The number of anilines is 1. The van der Waals surface area contributed by atoms with Gasteiger partial charge in [-0.1, -0.05) is 45.0 Å². The van der Waals surface area contributed by atoms with Gasteiger partial charge in [0.1, 0.15) is 17.7 Å². The number of piperidine rings is 1. The van der Waals surface area contributed by atoms with E-state index in [1.165, 1.54) is 6.42 Å². The van der Waals surface area contributed by atoms with Crippen LogP contribution in [0, 0.1) is 10.8 Å². The Labute approximate surface area is 290 Å². The van der Waals surface area contributed by atoms with Gasteiger partial charge in [0.2, 0.25) is 5.95 Å². The summed E-state index contributed by atoms with van der Waals surface area (Å²) < 4.78 is 8.70. The van der Waals surface area contributed by atoms with Crippen molar-refractivity contribution in [2.24, 2.45) is 5.41 Å². The smallest absolute Gasteiger partial charge is 0.320 e. The summed E-state index contributed by atoms with van der Waals surface area (Å²) in [6.45, 7) is 15.0. The van der Waals surface area contributed by atoms with Crippen molar-refractivity contribution in [2.45, 2.75) is 78.0 Å². The fraction of sp³-hybridized carbons (Fsp3) is 0.568. The molecule has 1 aromatic carbocycles. The molecule has 2 aromatic heterocycles. The Morgan fingerprint density at radius 2 is 1.78 bits per heavy atom. The van der Waals surface area contributed by atoms with Crippen LogP contribution in [0.3, 0.4) is 0 Å². The highest BCUT2D eigenvalue weighted by Gasteiger charge is 2.30. The normalized spacial score (nSPS) is 22.4. The van der Waals surface area contributed by atoms with Crippen LogP contribution < -0.4 is 25.6 Å². The third kappa shape index (κ3) is 8.53. The zero-order valence-electron chi connectivity index (χ0n) is 29.8. The van der Waals surface area contributed by atoms with E-state index >= 15 is 0 Å². The molecule has 2 amide bonds. The molecule has 2 fully saturated rings. The van der Waals surface area contributed by atoms with Crippen LogP contribution in [0.1, 0.15) is 83.1 Å². The van der Waals surface area contributed by atoms with Crippen LogP contribution in [0.25, 0.3) is 5.65 Å². The second-order valence-electron chi connectivity index (χ2n) is 14.9. The predicted molar refractivity (Wildman–Crippen MR) is 194 cm³/mol. The number of likely N-dealkylation sites (N-methyl/N-ethyl adjacent to an activating group) is 1. The molecule has 3 aromatic rings. The number of aromatic nitrogens is 3. The molecule has 4 heterocycles. The van der Waals surface area contributed by atoms with Crippen LogP contribution in [-0.2, 0) is 0 Å². The minimum atomic E-state index is -0.341. The van der Waals surface area contributed by atoms with Gasteiger partial charge in [0, 0.05) is 63.0 Å². The molecule has 0 bridgehead atoms. The summed E-state index contributed by atoms with van der Waals surface area (Å²) in [7, 11) is 2.15. The van der Waals surface area contributed by atoms with E-state index < -0.39 is 0 Å². The van der Waals surface area contributed by atoms with E-state index in [0.717, 1.165) is 93.4 Å². The maximum Gasteiger partial charge on any atom is 0.320 e. The minimum absolute atomic E-state index is 0.150. The number of rotatable bonds is 10. The second kappa shape index (κ2) is 15.2. The quantitative estimate of drug-likeness (QED) is 0.220. The molecule has 3 aliphatic rings. The number of urea groups is 1. The Bertz CT molecular complexity index is 1640. The fourth-order valence-corrected chi connectivity index (χ4v) is 6.94. The molecule has 264 valence electrons. The fourth-order valence-electron chi connectivity index (χ4n) is 6.94. The monoisotopic (exact) mass is 670 g/mol. The number of carbonyl (C=O) groups is 1. The first-order valence-corrected chi connectivity index (χ1v) is 17.9. The topological polar surface area (TPSA) is 126 Å². The first-order chi connectivity index (χ1) is 23.5. The molecule has 1 aliphatic carbocycles. The number of fused-ring (bicyclic) bond motifs is 2. The zero-order chi connectivity index (χ0) is 34.5. The molecule has 12 nitrogen and oxygen atoms in total. The summed E-state index contributed by atoms with van der Waals surface area (Å²) in [4.78, 5) is 20.6. The van der Waals surface area contributed by atoms with E-state index in [1.54, 1.807) is 6.08 Å². The number of piperazine rings is 1. The molecule has 3 atom stereocenters. The number of amides is 2. The number of carbonyl (C=O) groups excluding carboxylic acids is 1. The van der Waals surface area contributed by atoms with Gasteiger partial charge in [0.15, 0.2) is 5.65 Å². The van der Waals surface area contributed by atoms with Gasteiger partial charge < -0.3 is 30.6 Å². The molecule has 4 N–H and O–H groups in total. The lowest BCUT2D eigenvalue weighted by Crippen LogP contribution is -2.47. The summed E-state index contributed by atoms with van der Waals surface area (Å²) in [5.41, 5.74) is 3.03. The molecule has 0 saturated carbocycles. The number of benzene rings is 1. The van der Waals surface area contributed by atoms with Crippen LogP contribution in [-0.4, -0.2) is 95.0 Å². The lowest BCUT2D eigenvalue weighted by molar-refractivity contribution is 0.155. The maximum atomic E-state index is 13.5. The molecule has 12 heteroatoms. The molecule has 6 rings (SSSR count). The van der Waals surface area contributed by atoms with Crippen molar-refractivity contribution in [2.75, 3.05) is 57.8 Å². The average molecular weight is 671 g/mol. The standard InChI is InChI=1S/C37H54N10O2/c1-26-10-8-9-18-46(26)36-43-42-34-16-13-27(25-47(34)36)49-31-15-14-30(28-11-6-7-12-29(28)31)40-35(48)41-33(24-32(38)37(2,3)4)39-17-19-45-22-20-44(5)21-23-45/h6-7,11-13,16,24-26,30-31,38-39H,8-10,14-15,17-23H2,1-5H3,(H2,40,41,48)/b33-24+,38-32?/t26-,30-,31+/m0/s1. The summed E-state index contributed by atoms with van der Waals surface area (Å²) in [6, 6.07) is 12.1. The molecule has 2 saturated heterocycles. The lowest BCUT2D eigenvalue weighted by atomic mass is 9.85. The Morgan fingerprint density at radius 3 is 2.53 bits per heavy atom. The van der Waals surface area contributed by atoms with Gasteiger partial charge in [-0.05, 0) is 75.4 Å². The third-order valence-corrected chi connectivity index (χ3v) is 10.1. The summed E-state index contributed by atoms with van der Waals surface area (Å²) in [6.07, 6.45) is 8.64. The van der Waals surface area contributed by atoms with Crippen molar-refractivity contribution in [1.82, 2.24) is 40.3 Å². The van der Waals surface area contributed by atoms with Crippen molar-refractivity contribution in [1.29, 1.82) is 5.41 Å². The van der Waals surface area contributed by atoms with Crippen LogP contribution >= 0.6 is 0 Å². The summed E-state index contributed by atoms with van der Waals surface area (Å²) in [5.74, 6) is 2.17. The van der Waals surface area contributed by atoms with E-state index in [0.29, 0.717) is 24.1 Å². The highest BCUT2D eigenvalue weighted by Crippen LogP contribution is 2.39. The van der Waals surface area contributed by atoms with Gasteiger partial charge in [-0.2, -0.15) is 0 Å². The molecule has 0 radical (unpaired) electrons. The van der Waals surface area contributed by atoms with Gasteiger partial charge >= 0.3 is 6.03 Å². The minimum Gasteiger partial charge on any atom is -0.484 e. The van der Waals surface area contributed by atoms with E-state index in [2.05, 4.69) is 67.0 Å². The highest BCUT2D eigenvalue weighted by molar-refractivity contribution is 5.97. The molecule has 2 aliphatic heterocycles. The molecule has 0 spiro atoms. The number of nitrogens with one attached hydrogen (secondary N) is 4. The molecule has 0 unspecified atom stereocenters. The van der Waals surface area contributed by atoms with Crippen molar-refractivity contribution in [3.63, 3.8) is 0 Å². The van der Waals surface area contributed by atoms with Crippen LogP contribution in [0.2, 0.25) is 0 Å². The first-order valence-electron chi connectivity index (χ1n) is 17.9. The number of pyridine rings is 1. The van der Waals surface area contributed by atoms with Gasteiger partial charge in [-0.3, -0.25) is 14.6 Å². The summed E-state index contributed by atoms with van der Waals surface area (Å²) >= 11 is 0. The second-order valence-corrected chi connectivity index (χ2v) is 14.9. The third-order valence-electron chi connectivity index (χ3n) is 10.1. The molecule has 49 heavy (non-hydrogen) atoms. The Morgan fingerprint density at radius 1 is 1.00 bits per heavy atom. The van der Waals surface area contributed by atoms with Gasteiger partial charge in [-0.25, -0.2) is 4.79 Å². The maximum absolute atomic E-state index is 13.5. The average Bonchev–Trinajstić information content (AvgIpc) is 3.49. The van der Waals surface area contributed by atoms with Gasteiger partial charge in [0.25, 0.3) is 0 Å². The summed E-state index contributed by atoms with van der Waals surface area (Å²) in [5, 5.41) is 27.2. The predicted octanol–water partition coefficient (Wildman–Crippen LogP) is 5.11. The molecular formula is C37H54N10O2. The van der Waals surface area contributed by atoms with E-state index in [9.17, 15) is 4.79 Å². The van der Waals surface area contributed by atoms with Gasteiger partial charge in [0.05, 0.1) is 12.2 Å². The van der Waals surface area contributed by atoms with Crippen molar-refractivity contribution >= 4 is 23.3 Å². The zero-order valence-corrected chi connectivity index (χ0v) is 29.8. The highest BCUT2D eigenvalue weighted by atomic mass is 16.5. The Hall–Kier alpha value is -4.16. The van der Waals surface area contributed by atoms with Crippen LogP contribution in [0.15, 0.2) is 54.5 Å². The van der Waals surface area contributed by atoms with E-state index in [4.69, 9.17) is 10.1 Å². The molecular weight excluding hydrogens is 616 g/mol. The largest absolute Gasteiger partial charge is 0.484 e. The lowest BCUT2D eigenvalue weighted by Gasteiger charge is -2.33. The number of allylic oxidation sites excluding steroid dienone is 1. The van der Waals surface area contributed by atoms with Crippen LogP contribution in [0.5, 0.6) is 5.75 Å². The Balaban J connectivity index is 1.12. The van der Waals surface area contributed by atoms with E-state index in [1.807, 2.05) is 55.6 Å². The SMILES string of the molecule is C[C@H]1CCCCN1c1nnc2ccc(O[C@@H]3CC[C@H](NC(=O)N/C(=C/C(=N)C(C)(C)C)NCCN4CCN(C)CC4)c4ccccc43)cn12.